The second-order valence-corrected chi connectivity index (χ2v) is 2.75. The molecule has 1 aromatic rings. The van der Waals surface area contributed by atoms with Gasteiger partial charge in [-0.2, -0.15) is 5.26 Å². The summed E-state index contributed by atoms with van der Waals surface area (Å²) in [7, 11) is 0. The maximum atomic E-state index is 10.7. The lowest BCUT2D eigenvalue weighted by Gasteiger charge is -1.99. The number of rotatable bonds is 3. The molecule has 0 radical (unpaired) electrons. The molecule has 0 atom stereocenters. The Bertz CT molecular complexity index is 462. The van der Waals surface area contributed by atoms with Gasteiger partial charge in [-0.25, -0.2) is 4.79 Å². The molecule has 0 saturated heterocycles. The largest absolute Gasteiger partial charge is 0.477 e. The molecule has 1 N–H and O–H groups in total. The normalized spacial score (nSPS) is 9.27. The average Bonchev–Trinajstić information content (AvgIpc) is 2.17. The molecular formula is C9H6N2O4. The van der Waals surface area contributed by atoms with E-state index in [0.717, 1.165) is 12.1 Å². The second-order valence-electron chi connectivity index (χ2n) is 2.75. The lowest BCUT2D eigenvalue weighted by atomic mass is 10.1. The van der Waals surface area contributed by atoms with E-state index in [9.17, 15) is 14.9 Å². The van der Waals surface area contributed by atoms with Gasteiger partial charge in [0.2, 0.25) is 0 Å². The summed E-state index contributed by atoms with van der Waals surface area (Å²) in [5, 5.41) is 27.6. The SMILES string of the molecule is N#CCc1ccc([N+](=O)[O-])c(C(=O)O)c1. The lowest BCUT2D eigenvalue weighted by Crippen LogP contribution is -2.03. The Hall–Kier alpha value is -2.42. The van der Waals surface area contributed by atoms with Crippen molar-refractivity contribution in [3.8, 4) is 6.07 Å². The maximum Gasteiger partial charge on any atom is 0.342 e. The van der Waals surface area contributed by atoms with Crippen molar-refractivity contribution in [2.75, 3.05) is 0 Å². The number of carboxylic acid groups (broad SMARTS) is 1. The van der Waals surface area contributed by atoms with Gasteiger partial charge in [0.05, 0.1) is 17.4 Å². The number of hydrogen-bond donors (Lipinski definition) is 1. The minimum atomic E-state index is -1.37. The standard InChI is InChI=1S/C9H6N2O4/c10-4-3-6-1-2-8(11(14)15)7(5-6)9(12)13/h1-2,5H,3H2,(H,12,13). The van der Waals surface area contributed by atoms with E-state index in [1.54, 1.807) is 0 Å². The van der Waals surface area contributed by atoms with Gasteiger partial charge < -0.3 is 5.11 Å². The predicted octanol–water partition coefficient (Wildman–Crippen LogP) is 1.36. The van der Waals surface area contributed by atoms with Gasteiger partial charge >= 0.3 is 5.97 Å². The molecule has 0 spiro atoms. The predicted molar refractivity (Wildman–Crippen MR) is 49.4 cm³/mol. The summed E-state index contributed by atoms with van der Waals surface area (Å²) in [5.41, 5.74) is -0.419. The van der Waals surface area contributed by atoms with E-state index in [1.165, 1.54) is 6.07 Å². The van der Waals surface area contributed by atoms with Gasteiger partial charge in [-0.3, -0.25) is 10.1 Å². The molecule has 0 aromatic heterocycles. The van der Waals surface area contributed by atoms with Crippen LogP contribution in [0.5, 0.6) is 0 Å². The van der Waals surface area contributed by atoms with Crippen LogP contribution in [-0.2, 0) is 6.42 Å². The molecule has 6 heteroatoms. The van der Waals surface area contributed by atoms with Gasteiger partial charge in [-0.05, 0) is 11.6 Å². The highest BCUT2D eigenvalue weighted by Gasteiger charge is 2.19. The molecule has 0 heterocycles. The van der Waals surface area contributed by atoms with Crippen LogP contribution >= 0.6 is 0 Å². The van der Waals surface area contributed by atoms with Crippen LogP contribution in [0.15, 0.2) is 18.2 Å². The number of hydrogen-bond acceptors (Lipinski definition) is 4. The van der Waals surface area contributed by atoms with E-state index in [2.05, 4.69) is 0 Å². The van der Waals surface area contributed by atoms with E-state index in [1.807, 2.05) is 6.07 Å². The van der Waals surface area contributed by atoms with Gasteiger partial charge in [-0.15, -0.1) is 0 Å². The molecule has 15 heavy (non-hydrogen) atoms. The highest BCUT2D eigenvalue weighted by atomic mass is 16.6. The van der Waals surface area contributed by atoms with Crippen molar-refractivity contribution in [1.82, 2.24) is 0 Å². The Labute approximate surface area is 84.5 Å². The molecule has 0 unspecified atom stereocenters. The van der Waals surface area contributed by atoms with E-state index in [4.69, 9.17) is 10.4 Å². The van der Waals surface area contributed by atoms with Crippen molar-refractivity contribution in [3.63, 3.8) is 0 Å². The van der Waals surface area contributed by atoms with E-state index in [-0.39, 0.29) is 6.42 Å². The van der Waals surface area contributed by atoms with Crippen molar-refractivity contribution in [2.24, 2.45) is 0 Å². The Balaban J connectivity index is 3.28. The van der Waals surface area contributed by atoms with Gasteiger partial charge in [-0.1, -0.05) is 6.07 Å². The lowest BCUT2D eigenvalue weighted by molar-refractivity contribution is -0.385. The summed E-state index contributed by atoms with van der Waals surface area (Å²) in [6.07, 6.45) is 0.0261. The number of carboxylic acids is 1. The minimum Gasteiger partial charge on any atom is -0.477 e. The highest BCUT2D eigenvalue weighted by Crippen LogP contribution is 2.20. The molecule has 0 saturated carbocycles. The summed E-state index contributed by atoms with van der Waals surface area (Å²) in [4.78, 5) is 20.4. The van der Waals surface area contributed by atoms with Crippen LogP contribution in [0.2, 0.25) is 0 Å². The number of nitro benzene ring substituents is 1. The molecule has 1 aromatic carbocycles. The third-order valence-electron chi connectivity index (χ3n) is 1.77. The van der Waals surface area contributed by atoms with Gasteiger partial charge in [0.1, 0.15) is 5.56 Å². The van der Waals surface area contributed by atoms with Crippen LogP contribution < -0.4 is 0 Å². The van der Waals surface area contributed by atoms with Crippen molar-refractivity contribution in [1.29, 1.82) is 5.26 Å². The zero-order valence-corrected chi connectivity index (χ0v) is 7.51. The summed E-state index contributed by atoms with van der Waals surface area (Å²) in [6.45, 7) is 0. The summed E-state index contributed by atoms with van der Waals surface area (Å²) in [5.74, 6) is -1.37. The van der Waals surface area contributed by atoms with Crippen LogP contribution in [0.3, 0.4) is 0 Å². The molecule has 0 amide bonds. The van der Waals surface area contributed by atoms with Gasteiger partial charge in [0.15, 0.2) is 0 Å². The Kier molecular flexibility index (Phi) is 2.98. The van der Waals surface area contributed by atoms with Gasteiger partial charge in [0, 0.05) is 6.07 Å². The fraction of sp³-hybridized carbons (Fsp3) is 0.111. The summed E-state index contributed by atoms with van der Waals surface area (Å²) >= 11 is 0. The highest BCUT2D eigenvalue weighted by molar-refractivity contribution is 5.92. The van der Waals surface area contributed by atoms with E-state index >= 15 is 0 Å². The first-order valence-corrected chi connectivity index (χ1v) is 3.94. The minimum absolute atomic E-state index is 0.0261. The molecule has 0 aliphatic heterocycles. The van der Waals surface area contributed by atoms with Crippen molar-refractivity contribution in [2.45, 2.75) is 6.42 Å². The molecule has 1 rings (SSSR count). The second kappa shape index (κ2) is 4.19. The molecular weight excluding hydrogens is 200 g/mol. The average molecular weight is 206 g/mol. The van der Waals surface area contributed by atoms with Gasteiger partial charge in [0.25, 0.3) is 5.69 Å². The summed E-state index contributed by atoms with van der Waals surface area (Å²) in [6, 6.07) is 5.44. The number of benzene rings is 1. The summed E-state index contributed by atoms with van der Waals surface area (Å²) < 4.78 is 0. The molecule has 6 nitrogen and oxygen atoms in total. The Morgan fingerprint density at radius 1 is 1.60 bits per heavy atom. The van der Waals surface area contributed by atoms with Crippen LogP contribution in [-0.4, -0.2) is 16.0 Å². The molecule has 76 valence electrons. The first kappa shape index (κ1) is 10.7. The number of nitro groups is 1. The molecule has 0 fully saturated rings. The van der Waals surface area contributed by atoms with E-state index < -0.39 is 22.1 Å². The van der Waals surface area contributed by atoms with Crippen molar-refractivity contribution < 1.29 is 14.8 Å². The fourth-order valence-corrected chi connectivity index (χ4v) is 1.11. The Morgan fingerprint density at radius 2 is 2.27 bits per heavy atom. The van der Waals surface area contributed by atoms with Crippen LogP contribution in [0.25, 0.3) is 0 Å². The number of carbonyl (C=O) groups is 1. The maximum absolute atomic E-state index is 10.7. The number of nitrogens with zero attached hydrogens (tertiary/aromatic N) is 2. The monoisotopic (exact) mass is 206 g/mol. The molecule has 0 bridgehead atoms. The number of aromatic carboxylic acids is 1. The molecule has 0 aliphatic rings. The van der Waals surface area contributed by atoms with Crippen LogP contribution in [0.4, 0.5) is 5.69 Å². The third-order valence-corrected chi connectivity index (χ3v) is 1.77. The Morgan fingerprint density at radius 3 is 2.73 bits per heavy atom. The zero-order valence-electron chi connectivity index (χ0n) is 7.51. The smallest absolute Gasteiger partial charge is 0.342 e. The topological polar surface area (TPSA) is 104 Å². The third kappa shape index (κ3) is 2.28. The fourth-order valence-electron chi connectivity index (χ4n) is 1.11. The van der Waals surface area contributed by atoms with Crippen LogP contribution in [0, 0.1) is 21.4 Å². The first-order chi connectivity index (χ1) is 7.06. The molecule has 0 aliphatic carbocycles. The van der Waals surface area contributed by atoms with Crippen molar-refractivity contribution in [3.05, 3.63) is 39.4 Å². The van der Waals surface area contributed by atoms with Crippen LogP contribution in [0.1, 0.15) is 15.9 Å². The zero-order chi connectivity index (χ0) is 11.4. The van der Waals surface area contributed by atoms with Crippen molar-refractivity contribution >= 4 is 11.7 Å². The quantitative estimate of drug-likeness (QED) is 0.593. The number of nitriles is 1. The first-order valence-electron chi connectivity index (χ1n) is 3.94. The van der Waals surface area contributed by atoms with E-state index in [0.29, 0.717) is 5.56 Å².